The highest BCUT2D eigenvalue weighted by atomic mass is 16.5. The summed E-state index contributed by atoms with van der Waals surface area (Å²) in [6, 6.07) is 13.7. The van der Waals surface area contributed by atoms with Gasteiger partial charge in [-0.2, -0.15) is 0 Å². The van der Waals surface area contributed by atoms with Gasteiger partial charge in [0.2, 0.25) is 0 Å². The lowest BCUT2D eigenvalue weighted by Crippen LogP contribution is -2.32. The first-order valence-corrected chi connectivity index (χ1v) is 9.14. The van der Waals surface area contributed by atoms with E-state index in [4.69, 9.17) is 4.74 Å². The number of aromatic nitrogens is 1. The summed E-state index contributed by atoms with van der Waals surface area (Å²) in [5.41, 5.74) is 4.75. The van der Waals surface area contributed by atoms with E-state index in [1.54, 1.807) is 0 Å². The van der Waals surface area contributed by atoms with Crippen LogP contribution >= 0.6 is 0 Å². The van der Waals surface area contributed by atoms with Crippen molar-refractivity contribution in [1.29, 1.82) is 0 Å². The van der Waals surface area contributed by atoms with Crippen LogP contribution in [0.25, 0.3) is 10.9 Å². The van der Waals surface area contributed by atoms with Gasteiger partial charge in [0, 0.05) is 24.2 Å². The van der Waals surface area contributed by atoms with Crippen LogP contribution in [0.3, 0.4) is 0 Å². The van der Waals surface area contributed by atoms with Gasteiger partial charge < -0.3 is 20.1 Å². The van der Waals surface area contributed by atoms with E-state index < -0.39 is 6.10 Å². The number of pyridine rings is 1. The Balaban J connectivity index is 1.54. The average Bonchev–Trinajstić information content (AvgIpc) is 2.63. The lowest BCUT2D eigenvalue weighted by molar-refractivity contribution is 0.106. The maximum Gasteiger partial charge on any atom is 0.252 e. The molecule has 0 aliphatic heterocycles. The summed E-state index contributed by atoms with van der Waals surface area (Å²) in [5, 5.41) is 14.3. The molecule has 0 amide bonds. The zero-order valence-electron chi connectivity index (χ0n) is 16.0. The molecule has 0 saturated carbocycles. The Morgan fingerprint density at radius 2 is 1.96 bits per heavy atom. The Labute approximate surface area is 159 Å². The fraction of sp³-hybridized carbons (Fsp3) is 0.318. The highest BCUT2D eigenvalue weighted by molar-refractivity contribution is 5.79. The molecule has 27 heavy (non-hydrogen) atoms. The van der Waals surface area contributed by atoms with E-state index in [9.17, 15) is 9.90 Å². The van der Waals surface area contributed by atoms with Gasteiger partial charge in [-0.1, -0.05) is 23.8 Å². The van der Waals surface area contributed by atoms with Crippen LogP contribution in [0, 0.1) is 20.8 Å². The van der Waals surface area contributed by atoms with E-state index in [0.29, 0.717) is 18.7 Å². The Kier molecular flexibility index (Phi) is 5.94. The third-order valence-electron chi connectivity index (χ3n) is 4.76. The van der Waals surface area contributed by atoms with Crippen LogP contribution in [-0.4, -0.2) is 29.3 Å². The van der Waals surface area contributed by atoms with E-state index in [-0.39, 0.29) is 12.2 Å². The van der Waals surface area contributed by atoms with E-state index in [0.717, 1.165) is 33.3 Å². The van der Waals surface area contributed by atoms with Crippen molar-refractivity contribution in [2.45, 2.75) is 33.4 Å². The minimum atomic E-state index is -0.660. The van der Waals surface area contributed by atoms with Gasteiger partial charge in [-0.05, 0) is 61.5 Å². The largest absolute Gasteiger partial charge is 0.491 e. The number of hydrogen-bond acceptors (Lipinski definition) is 4. The first-order chi connectivity index (χ1) is 12.9. The SMILES string of the molecule is Cc1ccc2[nH]c(=O)c(CNC[C@@H](O)COc3cccc(C)c3C)cc2c1. The highest BCUT2D eigenvalue weighted by Crippen LogP contribution is 2.20. The van der Waals surface area contributed by atoms with Crippen LogP contribution in [0.5, 0.6) is 5.75 Å². The predicted molar refractivity (Wildman–Crippen MR) is 108 cm³/mol. The molecule has 0 spiro atoms. The van der Waals surface area contributed by atoms with Crippen molar-refractivity contribution in [2.75, 3.05) is 13.2 Å². The summed E-state index contributed by atoms with van der Waals surface area (Å²) in [6.07, 6.45) is -0.660. The molecule has 3 N–H and O–H groups in total. The molecule has 0 aliphatic rings. The molecule has 0 aliphatic carbocycles. The first kappa shape index (κ1) is 19.1. The smallest absolute Gasteiger partial charge is 0.252 e. The quantitative estimate of drug-likeness (QED) is 0.601. The van der Waals surface area contributed by atoms with Crippen LogP contribution in [0.1, 0.15) is 22.3 Å². The maximum absolute atomic E-state index is 12.2. The van der Waals surface area contributed by atoms with Crippen LogP contribution in [0.2, 0.25) is 0 Å². The monoisotopic (exact) mass is 366 g/mol. The molecular weight excluding hydrogens is 340 g/mol. The zero-order chi connectivity index (χ0) is 19.4. The molecule has 1 atom stereocenters. The van der Waals surface area contributed by atoms with Crippen molar-refractivity contribution >= 4 is 10.9 Å². The molecule has 3 rings (SSSR count). The molecule has 0 fully saturated rings. The summed E-state index contributed by atoms with van der Waals surface area (Å²) in [4.78, 5) is 15.1. The molecule has 1 aromatic heterocycles. The van der Waals surface area contributed by atoms with Gasteiger partial charge in [0.1, 0.15) is 18.5 Å². The van der Waals surface area contributed by atoms with Crippen LogP contribution in [0.4, 0.5) is 0 Å². The fourth-order valence-corrected chi connectivity index (χ4v) is 3.00. The number of rotatable bonds is 7. The maximum atomic E-state index is 12.2. The fourth-order valence-electron chi connectivity index (χ4n) is 3.00. The average molecular weight is 366 g/mol. The topological polar surface area (TPSA) is 74.4 Å². The van der Waals surface area contributed by atoms with Crippen LogP contribution in [0.15, 0.2) is 47.3 Å². The van der Waals surface area contributed by atoms with Crippen molar-refractivity contribution in [3.05, 3.63) is 75.1 Å². The second kappa shape index (κ2) is 8.37. The van der Waals surface area contributed by atoms with Gasteiger partial charge in [0.05, 0.1) is 0 Å². The van der Waals surface area contributed by atoms with Gasteiger partial charge in [-0.3, -0.25) is 4.79 Å². The van der Waals surface area contributed by atoms with E-state index in [2.05, 4.69) is 10.3 Å². The van der Waals surface area contributed by atoms with E-state index in [1.165, 1.54) is 0 Å². The molecule has 0 unspecified atom stereocenters. The number of benzene rings is 2. The summed E-state index contributed by atoms with van der Waals surface area (Å²) in [6.45, 7) is 6.99. The molecule has 142 valence electrons. The third-order valence-corrected chi connectivity index (χ3v) is 4.76. The molecule has 5 nitrogen and oxygen atoms in total. The number of hydrogen-bond donors (Lipinski definition) is 3. The second-order valence-electron chi connectivity index (χ2n) is 7.01. The van der Waals surface area contributed by atoms with Crippen molar-refractivity contribution in [1.82, 2.24) is 10.3 Å². The summed E-state index contributed by atoms with van der Waals surface area (Å²) < 4.78 is 5.72. The molecule has 2 aromatic carbocycles. The van der Waals surface area contributed by atoms with Gasteiger partial charge in [-0.25, -0.2) is 0 Å². The Hall–Kier alpha value is -2.63. The molecule has 0 saturated heterocycles. The van der Waals surface area contributed by atoms with E-state index >= 15 is 0 Å². The number of aliphatic hydroxyl groups excluding tert-OH is 1. The molecule has 5 heteroatoms. The highest BCUT2D eigenvalue weighted by Gasteiger charge is 2.09. The minimum absolute atomic E-state index is 0.111. The first-order valence-electron chi connectivity index (χ1n) is 9.14. The van der Waals surface area contributed by atoms with Crippen LogP contribution in [-0.2, 0) is 6.54 Å². The van der Waals surface area contributed by atoms with E-state index in [1.807, 2.05) is 63.2 Å². The zero-order valence-corrected chi connectivity index (χ0v) is 16.0. The lowest BCUT2D eigenvalue weighted by atomic mass is 10.1. The summed E-state index contributed by atoms with van der Waals surface area (Å²) in [5.74, 6) is 0.787. The number of aromatic amines is 1. The van der Waals surface area contributed by atoms with Crippen molar-refractivity contribution in [3.63, 3.8) is 0 Å². The summed E-state index contributed by atoms with van der Waals surface area (Å²) in [7, 11) is 0. The number of ether oxygens (including phenoxy) is 1. The summed E-state index contributed by atoms with van der Waals surface area (Å²) >= 11 is 0. The molecular formula is C22H26N2O3. The predicted octanol–water partition coefficient (Wildman–Crippen LogP) is 2.98. The molecule has 0 radical (unpaired) electrons. The number of aliphatic hydroxyl groups is 1. The number of aryl methyl sites for hydroxylation is 2. The minimum Gasteiger partial charge on any atom is -0.491 e. The standard InChI is InChI=1S/C22H26N2O3/c1-14-7-8-20-17(9-14)10-18(22(26)24-20)11-23-12-19(25)13-27-21-6-4-5-15(2)16(21)3/h4-10,19,23,25H,11-13H2,1-3H3,(H,24,26)/t19-/m1/s1. The molecule has 1 heterocycles. The second-order valence-corrected chi connectivity index (χ2v) is 7.01. The van der Waals surface area contributed by atoms with Gasteiger partial charge in [0.25, 0.3) is 5.56 Å². The molecule has 3 aromatic rings. The van der Waals surface area contributed by atoms with Gasteiger partial charge in [-0.15, -0.1) is 0 Å². The Morgan fingerprint density at radius 3 is 2.78 bits per heavy atom. The Morgan fingerprint density at radius 1 is 1.15 bits per heavy atom. The number of nitrogens with one attached hydrogen (secondary N) is 2. The lowest BCUT2D eigenvalue weighted by Gasteiger charge is -2.15. The normalized spacial score (nSPS) is 12.3. The van der Waals surface area contributed by atoms with Crippen molar-refractivity contribution in [3.8, 4) is 5.75 Å². The Bertz CT molecular complexity index is 995. The van der Waals surface area contributed by atoms with Gasteiger partial charge >= 0.3 is 0 Å². The number of fused-ring (bicyclic) bond motifs is 1. The molecule has 0 bridgehead atoms. The third kappa shape index (κ3) is 4.76. The van der Waals surface area contributed by atoms with Gasteiger partial charge in [0.15, 0.2) is 0 Å². The van der Waals surface area contributed by atoms with Crippen LogP contribution < -0.4 is 15.6 Å². The van der Waals surface area contributed by atoms with Crippen molar-refractivity contribution in [2.24, 2.45) is 0 Å². The number of H-pyrrole nitrogens is 1. The van der Waals surface area contributed by atoms with Crippen molar-refractivity contribution < 1.29 is 9.84 Å².